The molecule has 88 valence electrons. The average Bonchev–Trinajstić information content (AvgIpc) is 2.30. The number of amides is 1. The number of nitrogens with two attached hydrogens (primary N) is 1. The molecule has 0 fully saturated rings. The zero-order chi connectivity index (χ0) is 12.0. The van der Waals surface area contributed by atoms with Gasteiger partial charge in [-0.25, -0.2) is 4.79 Å². The molecule has 0 aliphatic rings. The predicted octanol–water partition coefficient (Wildman–Crippen LogP) is 2.25. The third kappa shape index (κ3) is 3.46. The van der Waals surface area contributed by atoms with E-state index in [0.717, 1.165) is 17.7 Å². The molecule has 0 bridgehead atoms. The smallest absolute Gasteiger partial charge is 0.409 e. The van der Waals surface area contributed by atoms with Crippen LogP contribution in [0.15, 0.2) is 24.3 Å². The van der Waals surface area contributed by atoms with Crippen molar-refractivity contribution < 1.29 is 9.53 Å². The molecule has 0 saturated heterocycles. The lowest BCUT2D eigenvalue weighted by atomic mass is 10.2. The fourth-order valence-electron chi connectivity index (χ4n) is 1.48. The summed E-state index contributed by atoms with van der Waals surface area (Å²) in [7, 11) is 1.40. The van der Waals surface area contributed by atoms with E-state index in [1.807, 2.05) is 31.2 Å². The molecule has 1 amide bonds. The lowest BCUT2D eigenvalue weighted by Gasteiger charge is -2.20. The summed E-state index contributed by atoms with van der Waals surface area (Å²) >= 11 is 0. The lowest BCUT2D eigenvalue weighted by molar-refractivity contribution is 0.121. The van der Waals surface area contributed by atoms with Crippen molar-refractivity contribution in [2.75, 3.05) is 19.4 Å². The Bertz CT molecular complexity index is 335. The first-order valence-corrected chi connectivity index (χ1v) is 5.34. The van der Waals surface area contributed by atoms with Crippen LogP contribution in [0.1, 0.15) is 18.9 Å². The van der Waals surface area contributed by atoms with Gasteiger partial charge < -0.3 is 15.4 Å². The molecule has 1 aromatic rings. The fourth-order valence-corrected chi connectivity index (χ4v) is 1.48. The average molecular weight is 222 g/mol. The Hall–Kier alpha value is -1.71. The molecule has 4 nitrogen and oxygen atoms in total. The van der Waals surface area contributed by atoms with E-state index in [0.29, 0.717) is 13.1 Å². The number of benzene rings is 1. The van der Waals surface area contributed by atoms with E-state index >= 15 is 0 Å². The van der Waals surface area contributed by atoms with Gasteiger partial charge in [-0.3, -0.25) is 0 Å². The Morgan fingerprint density at radius 1 is 1.38 bits per heavy atom. The predicted molar refractivity (Wildman–Crippen MR) is 64.0 cm³/mol. The minimum absolute atomic E-state index is 0.293. The molecule has 0 heterocycles. The Kier molecular flexibility index (Phi) is 4.64. The van der Waals surface area contributed by atoms with Gasteiger partial charge >= 0.3 is 6.09 Å². The maximum atomic E-state index is 11.5. The number of anilines is 1. The maximum Gasteiger partial charge on any atom is 0.409 e. The van der Waals surface area contributed by atoms with Crippen molar-refractivity contribution in [1.29, 1.82) is 0 Å². The van der Waals surface area contributed by atoms with Gasteiger partial charge in [-0.2, -0.15) is 0 Å². The summed E-state index contributed by atoms with van der Waals surface area (Å²) in [6.45, 7) is 3.27. The third-order valence-corrected chi connectivity index (χ3v) is 2.28. The van der Waals surface area contributed by atoms with Crippen molar-refractivity contribution in [3.8, 4) is 0 Å². The van der Waals surface area contributed by atoms with E-state index < -0.39 is 0 Å². The fraction of sp³-hybridized carbons (Fsp3) is 0.417. The summed E-state index contributed by atoms with van der Waals surface area (Å²) in [4.78, 5) is 13.1. The third-order valence-electron chi connectivity index (χ3n) is 2.28. The highest BCUT2D eigenvalue weighted by atomic mass is 16.5. The normalized spacial score (nSPS) is 9.88. The van der Waals surface area contributed by atoms with Crippen LogP contribution in [0.5, 0.6) is 0 Å². The van der Waals surface area contributed by atoms with E-state index in [1.54, 1.807) is 4.90 Å². The number of carbonyl (C=O) groups is 1. The zero-order valence-corrected chi connectivity index (χ0v) is 9.77. The standard InChI is InChI=1S/C12H18N2O2/c1-3-8-14(12(15)16-2)9-10-4-6-11(13)7-5-10/h4-7H,3,8-9,13H2,1-2H3. The highest BCUT2D eigenvalue weighted by Crippen LogP contribution is 2.09. The molecular formula is C12H18N2O2. The van der Waals surface area contributed by atoms with Crippen LogP contribution in [0.4, 0.5) is 10.5 Å². The summed E-state index contributed by atoms with van der Waals surface area (Å²) < 4.78 is 4.72. The molecule has 0 saturated carbocycles. The van der Waals surface area contributed by atoms with Gasteiger partial charge in [0.05, 0.1) is 7.11 Å². The van der Waals surface area contributed by atoms with E-state index in [4.69, 9.17) is 10.5 Å². The second-order valence-electron chi connectivity index (χ2n) is 3.63. The van der Waals surface area contributed by atoms with Gasteiger partial charge in [0.15, 0.2) is 0 Å². The van der Waals surface area contributed by atoms with Crippen LogP contribution in [-0.4, -0.2) is 24.6 Å². The Labute approximate surface area is 96.0 Å². The van der Waals surface area contributed by atoms with Gasteiger partial charge in [-0.05, 0) is 24.1 Å². The van der Waals surface area contributed by atoms with Crippen molar-refractivity contribution in [2.45, 2.75) is 19.9 Å². The molecule has 4 heteroatoms. The number of nitrogen functional groups attached to an aromatic ring is 1. The van der Waals surface area contributed by atoms with Crippen LogP contribution >= 0.6 is 0 Å². The monoisotopic (exact) mass is 222 g/mol. The molecule has 0 aromatic heterocycles. The van der Waals surface area contributed by atoms with E-state index in [-0.39, 0.29) is 6.09 Å². The van der Waals surface area contributed by atoms with Crippen molar-refractivity contribution >= 4 is 11.8 Å². The first-order chi connectivity index (χ1) is 7.67. The largest absolute Gasteiger partial charge is 0.453 e. The lowest BCUT2D eigenvalue weighted by Crippen LogP contribution is -2.31. The van der Waals surface area contributed by atoms with Crippen molar-refractivity contribution in [1.82, 2.24) is 4.90 Å². The van der Waals surface area contributed by atoms with Crippen LogP contribution < -0.4 is 5.73 Å². The summed E-state index contributed by atoms with van der Waals surface area (Å²) in [5.74, 6) is 0. The number of rotatable bonds is 4. The van der Waals surface area contributed by atoms with E-state index in [2.05, 4.69) is 0 Å². The van der Waals surface area contributed by atoms with E-state index in [9.17, 15) is 4.79 Å². The molecule has 0 radical (unpaired) electrons. The molecule has 16 heavy (non-hydrogen) atoms. The number of nitrogens with zero attached hydrogens (tertiary/aromatic N) is 1. The molecule has 1 aromatic carbocycles. The van der Waals surface area contributed by atoms with Gasteiger partial charge in [0, 0.05) is 18.8 Å². The minimum atomic E-state index is -0.293. The summed E-state index contributed by atoms with van der Waals surface area (Å²) in [5, 5.41) is 0. The topological polar surface area (TPSA) is 55.6 Å². The Morgan fingerprint density at radius 3 is 2.50 bits per heavy atom. The Morgan fingerprint density at radius 2 is 2.00 bits per heavy atom. The van der Waals surface area contributed by atoms with Crippen LogP contribution in [0.3, 0.4) is 0 Å². The number of hydrogen-bond donors (Lipinski definition) is 1. The zero-order valence-electron chi connectivity index (χ0n) is 9.77. The first kappa shape index (κ1) is 12.4. The van der Waals surface area contributed by atoms with Crippen LogP contribution in [-0.2, 0) is 11.3 Å². The summed E-state index contributed by atoms with van der Waals surface area (Å²) in [6.07, 6.45) is 0.614. The van der Waals surface area contributed by atoms with Crippen molar-refractivity contribution in [3.63, 3.8) is 0 Å². The highest BCUT2D eigenvalue weighted by Gasteiger charge is 2.12. The Balaban J connectivity index is 2.67. The SMILES string of the molecule is CCCN(Cc1ccc(N)cc1)C(=O)OC. The van der Waals surface area contributed by atoms with Gasteiger partial charge in [-0.15, -0.1) is 0 Å². The van der Waals surface area contributed by atoms with Gasteiger partial charge in [0.1, 0.15) is 0 Å². The number of carbonyl (C=O) groups excluding carboxylic acids is 1. The number of hydrogen-bond acceptors (Lipinski definition) is 3. The second kappa shape index (κ2) is 6.00. The second-order valence-corrected chi connectivity index (χ2v) is 3.63. The summed E-state index contributed by atoms with van der Waals surface area (Å²) in [6, 6.07) is 7.50. The summed E-state index contributed by atoms with van der Waals surface area (Å²) in [5.41, 5.74) is 7.37. The molecule has 0 spiro atoms. The molecule has 2 N–H and O–H groups in total. The van der Waals surface area contributed by atoms with Gasteiger partial charge in [0.2, 0.25) is 0 Å². The molecule has 0 aliphatic heterocycles. The number of ether oxygens (including phenoxy) is 1. The van der Waals surface area contributed by atoms with Crippen LogP contribution in [0, 0.1) is 0 Å². The van der Waals surface area contributed by atoms with Crippen molar-refractivity contribution in [3.05, 3.63) is 29.8 Å². The van der Waals surface area contributed by atoms with Crippen LogP contribution in [0.2, 0.25) is 0 Å². The molecular weight excluding hydrogens is 204 g/mol. The van der Waals surface area contributed by atoms with E-state index in [1.165, 1.54) is 7.11 Å². The number of methoxy groups -OCH3 is 1. The van der Waals surface area contributed by atoms with Crippen LogP contribution in [0.25, 0.3) is 0 Å². The maximum absolute atomic E-state index is 11.5. The molecule has 0 atom stereocenters. The quantitative estimate of drug-likeness (QED) is 0.795. The minimum Gasteiger partial charge on any atom is -0.453 e. The van der Waals surface area contributed by atoms with Gasteiger partial charge in [-0.1, -0.05) is 19.1 Å². The van der Waals surface area contributed by atoms with Crippen molar-refractivity contribution in [2.24, 2.45) is 0 Å². The molecule has 1 rings (SSSR count). The molecule has 0 unspecified atom stereocenters. The first-order valence-electron chi connectivity index (χ1n) is 5.34. The molecule has 0 aliphatic carbocycles. The van der Waals surface area contributed by atoms with Gasteiger partial charge in [0.25, 0.3) is 0 Å². The highest BCUT2D eigenvalue weighted by molar-refractivity contribution is 5.67.